The van der Waals surface area contributed by atoms with Gasteiger partial charge < -0.3 is 19.5 Å². The monoisotopic (exact) mass is 378 g/mol. The van der Waals surface area contributed by atoms with E-state index >= 15 is 0 Å². The van der Waals surface area contributed by atoms with E-state index < -0.39 is 12.1 Å². The second-order valence-electron chi connectivity index (χ2n) is 5.79. The van der Waals surface area contributed by atoms with Crippen LogP contribution in [0.3, 0.4) is 0 Å². The summed E-state index contributed by atoms with van der Waals surface area (Å²) in [5.74, 6) is 0.684. The molecule has 1 unspecified atom stereocenters. The van der Waals surface area contributed by atoms with E-state index in [9.17, 15) is 9.59 Å². The van der Waals surface area contributed by atoms with E-state index in [-0.39, 0.29) is 11.7 Å². The molecule has 1 amide bonds. The number of benzene rings is 1. The zero-order valence-corrected chi connectivity index (χ0v) is 16.0. The third kappa shape index (κ3) is 6.07. The van der Waals surface area contributed by atoms with Crippen molar-refractivity contribution < 1.29 is 18.8 Å². The first-order chi connectivity index (χ1) is 12.3. The van der Waals surface area contributed by atoms with Gasteiger partial charge in [-0.15, -0.1) is 11.8 Å². The highest BCUT2D eigenvalue weighted by molar-refractivity contribution is 7.99. The molecule has 1 heterocycles. The van der Waals surface area contributed by atoms with Gasteiger partial charge in [-0.3, -0.25) is 9.59 Å². The third-order valence-electron chi connectivity index (χ3n) is 3.35. The zero-order valence-electron chi connectivity index (χ0n) is 15.2. The summed E-state index contributed by atoms with van der Waals surface area (Å²) in [6.07, 6.45) is -0.885. The molecule has 1 N–H and O–H groups in total. The first-order valence-corrected chi connectivity index (χ1v) is 9.15. The topological polar surface area (TPSA) is 97.6 Å². The largest absolute Gasteiger partial charge is 0.452 e. The van der Waals surface area contributed by atoms with Gasteiger partial charge in [0, 0.05) is 32.4 Å². The number of esters is 1. The van der Waals surface area contributed by atoms with Gasteiger partial charge in [0.05, 0.1) is 11.5 Å². The number of aromatic nitrogens is 2. The van der Waals surface area contributed by atoms with Crippen LogP contribution in [0.15, 0.2) is 28.8 Å². The second kappa shape index (κ2) is 9.23. The van der Waals surface area contributed by atoms with Gasteiger partial charge in [-0.1, -0.05) is 5.16 Å². The molecule has 1 aromatic carbocycles. The number of carbonyl (C=O) groups excluding carboxylic acids is 2. The minimum Gasteiger partial charge on any atom is -0.452 e. The zero-order chi connectivity index (χ0) is 19.1. The number of hydrogen-bond acceptors (Lipinski definition) is 8. The van der Waals surface area contributed by atoms with Gasteiger partial charge in [0.2, 0.25) is 5.89 Å². The lowest BCUT2D eigenvalue weighted by molar-refractivity contribution is -0.150. The minimum atomic E-state index is -0.885. The average Bonchev–Trinajstić information content (AvgIpc) is 3.00. The SMILES string of the molecule is Cc1nc(CSCC(=O)OC(C)C(=O)Nc2ccc(N(C)C)cc2)no1. The van der Waals surface area contributed by atoms with Gasteiger partial charge in [0.25, 0.3) is 5.91 Å². The molecule has 0 aliphatic rings. The molecule has 1 aromatic heterocycles. The molecule has 26 heavy (non-hydrogen) atoms. The van der Waals surface area contributed by atoms with Crippen molar-refractivity contribution >= 4 is 35.0 Å². The normalized spacial score (nSPS) is 11.7. The van der Waals surface area contributed by atoms with Crippen LogP contribution in [0.2, 0.25) is 0 Å². The van der Waals surface area contributed by atoms with Crippen molar-refractivity contribution in [3.8, 4) is 0 Å². The van der Waals surface area contributed by atoms with E-state index in [1.807, 2.05) is 31.1 Å². The number of nitrogens with zero attached hydrogens (tertiary/aromatic N) is 3. The first kappa shape index (κ1) is 19.8. The van der Waals surface area contributed by atoms with Gasteiger partial charge in [-0.2, -0.15) is 4.98 Å². The van der Waals surface area contributed by atoms with Gasteiger partial charge in [-0.25, -0.2) is 0 Å². The molecular weight excluding hydrogens is 356 g/mol. The number of hydrogen-bond donors (Lipinski definition) is 1. The highest BCUT2D eigenvalue weighted by atomic mass is 32.2. The average molecular weight is 378 g/mol. The summed E-state index contributed by atoms with van der Waals surface area (Å²) >= 11 is 1.29. The van der Waals surface area contributed by atoms with Crippen molar-refractivity contribution in [2.75, 3.05) is 30.1 Å². The molecule has 1 atom stereocenters. The molecule has 0 saturated carbocycles. The minimum absolute atomic E-state index is 0.0999. The van der Waals surface area contributed by atoms with E-state index in [2.05, 4.69) is 15.5 Å². The lowest BCUT2D eigenvalue weighted by atomic mass is 10.2. The Morgan fingerprint density at radius 2 is 2.00 bits per heavy atom. The van der Waals surface area contributed by atoms with Crippen LogP contribution in [0.4, 0.5) is 11.4 Å². The molecule has 0 spiro atoms. The number of nitrogens with one attached hydrogen (secondary N) is 1. The third-order valence-corrected chi connectivity index (χ3v) is 4.25. The molecule has 8 nitrogen and oxygen atoms in total. The Kier molecular flexibility index (Phi) is 7.02. The van der Waals surface area contributed by atoms with Gasteiger partial charge in [0.1, 0.15) is 0 Å². The van der Waals surface area contributed by atoms with E-state index in [0.717, 1.165) is 5.69 Å². The van der Waals surface area contributed by atoms with Crippen LogP contribution in [0.25, 0.3) is 0 Å². The van der Waals surface area contributed by atoms with Crippen LogP contribution in [0, 0.1) is 6.92 Å². The molecule has 9 heteroatoms. The van der Waals surface area contributed by atoms with E-state index in [1.54, 1.807) is 19.1 Å². The Bertz CT molecular complexity index is 745. The van der Waals surface area contributed by atoms with Crippen LogP contribution in [-0.4, -0.2) is 48.0 Å². The standard InChI is InChI=1S/C17H22N4O4S/c1-11(17(23)19-13-5-7-14(8-6-13)21(3)4)24-16(22)10-26-9-15-18-12(2)25-20-15/h5-8,11H,9-10H2,1-4H3,(H,19,23). The molecule has 2 aromatic rings. The lowest BCUT2D eigenvalue weighted by Gasteiger charge is -2.15. The van der Waals surface area contributed by atoms with E-state index in [4.69, 9.17) is 9.26 Å². The summed E-state index contributed by atoms with van der Waals surface area (Å²) in [6.45, 7) is 3.23. The van der Waals surface area contributed by atoms with Crippen LogP contribution >= 0.6 is 11.8 Å². The Morgan fingerprint density at radius 1 is 1.31 bits per heavy atom. The van der Waals surface area contributed by atoms with Crippen molar-refractivity contribution in [2.24, 2.45) is 0 Å². The molecule has 140 valence electrons. The van der Waals surface area contributed by atoms with Gasteiger partial charge in [-0.05, 0) is 31.2 Å². The predicted octanol–water partition coefficient (Wildman–Crippen LogP) is 2.25. The van der Waals surface area contributed by atoms with E-state index in [1.165, 1.54) is 18.7 Å². The number of ether oxygens (including phenoxy) is 1. The maximum absolute atomic E-state index is 12.1. The smallest absolute Gasteiger partial charge is 0.316 e. The fourth-order valence-electron chi connectivity index (χ4n) is 2.00. The fourth-order valence-corrected chi connectivity index (χ4v) is 2.63. The quantitative estimate of drug-likeness (QED) is 0.699. The Labute approximate surface area is 156 Å². The summed E-state index contributed by atoms with van der Waals surface area (Å²) in [5, 5.41) is 6.46. The predicted molar refractivity (Wildman–Crippen MR) is 100 cm³/mol. The van der Waals surface area contributed by atoms with Crippen LogP contribution in [-0.2, 0) is 20.1 Å². The lowest BCUT2D eigenvalue weighted by Crippen LogP contribution is -2.30. The first-order valence-electron chi connectivity index (χ1n) is 8.00. The number of anilines is 2. The Hall–Kier alpha value is -2.55. The van der Waals surface area contributed by atoms with E-state index in [0.29, 0.717) is 23.2 Å². The maximum Gasteiger partial charge on any atom is 0.316 e. The van der Waals surface area contributed by atoms with Crippen molar-refractivity contribution in [1.29, 1.82) is 0 Å². The number of carbonyl (C=O) groups is 2. The molecule has 0 saturated heterocycles. The number of rotatable bonds is 8. The molecule has 2 rings (SSSR count). The summed E-state index contributed by atoms with van der Waals surface area (Å²) in [5.41, 5.74) is 1.67. The van der Waals surface area contributed by atoms with Crippen molar-refractivity contribution in [3.05, 3.63) is 36.0 Å². The molecule has 0 aliphatic heterocycles. The van der Waals surface area contributed by atoms with Crippen LogP contribution in [0.1, 0.15) is 18.6 Å². The highest BCUT2D eigenvalue weighted by Gasteiger charge is 2.18. The molecule has 0 aliphatic carbocycles. The maximum atomic E-state index is 12.1. The summed E-state index contributed by atoms with van der Waals surface area (Å²) in [6, 6.07) is 7.38. The van der Waals surface area contributed by atoms with Gasteiger partial charge in [0.15, 0.2) is 11.9 Å². The van der Waals surface area contributed by atoms with Gasteiger partial charge >= 0.3 is 5.97 Å². The number of amides is 1. The van der Waals surface area contributed by atoms with Crippen LogP contribution < -0.4 is 10.2 Å². The molecular formula is C17H22N4O4S. The number of thioether (sulfide) groups is 1. The molecule has 0 radical (unpaired) electrons. The summed E-state index contributed by atoms with van der Waals surface area (Å²) < 4.78 is 9.99. The van der Waals surface area contributed by atoms with Crippen molar-refractivity contribution in [2.45, 2.75) is 25.7 Å². The molecule has 0 fully saturated rings. The number of aryl methyl sites for hydroxylation is 1. The summed E-state index contributed by atoms with van der Waals surface area (Å²) in [4.78, 5) is 30.0. The van der Waals surface area contributed by atoms with Crippen molar-refractivity contribution in [3.63, 3.8) is 0 Å². The fraction of sp³-hybridized carbons (Fsp3) is 0.412. The highest BCUT2D eigenvalue weighted by Crippen LogP contribution is 2.16. The second-order valence-corrected chi connectivity index (χ2v) is 6.77. The van der Waals surface area contributed by atoms with Crippen LogP contribution in [0.5, 0.6) is 0 Å². The Balaban J connectivity index is 1.74. The summed E-state index contributed by atoms with van der Waals surface area (Å²) in [7, 11) is 3.87. The molecule has 0 bridgehead atoms. The van der Waals surface area contributed by atoms with Crippen molar-refractivity contribution in [1.82, 2.24) is 10.1 Å². The Morgan fingerprint density at radius 3 is 2.58 bits per heavy atom.